The molecule has 2 fully saturated rings. The summed E-state index contributed by atoms with van der Waals surface area (Å²) >= 11 is 0. The summed E-state index contributed by atoms with van der Waals surface area (Å²) in [6.45, 7) is 11.3. The summed E-state index contributed by atoms with van der Waals surface area (Å²) in [7, 11) is 0. The van der Waals surface area contributed by atoms with E-state index in [-0.39, 0.29) is 5.72 Å². The van der Waals surface area contributed by atoms with E-state index >= 15 is 0 Å². The van der Waals surface area contributed by atoms with Gasteiger partial charge in [0.15, 0.2) is 0 Å². The lowest BCUT2D eigenvalue weighted by molar-refractivity contribution is -0.144. The maximum atomic E-state index is 6.18. The number of hydrogen-bond acceptors (Lipinski definition) is 2. The van der Waals surface area contributed by atoms with Gasteiger partial charge in [0.2, 0.25) is 0 Å². The Morgan fingerprint density at radius 2 is 1.62 bits per heavy atom. The smallest absolute Gasteiger partial charge is 0.119 e. The SMILES string of the molecule is CC1(C)CCCC2(CC1)NCC(C)(C)CO2. The lowest BCUT2D eigenvalue weighted by Crippen LogP contribution is -2.57. The summed E-state index contributed by atoms with van der Waals surface area (Å²) in [4.78, 5) is 0. The summed E-state index contributed by atoms with van der Waals surface area (Å²) in [6, 6.07) is 0. The molecule has 2 rings (SSSR count). The molecular formula is C14H27NO. The lowest BCUT2D eigenvalue weighted by atomic mass is 9.84. The van der Waals surface area contributed by atoms with E-state index in [4.69, 9.17) is 4.74 Å². The molecule has 2 nitrogen and oxygen atoms in total. The van der Waals surface area contributed by atoms with Crippen LogP contribution in [0.15, 0.2) is 0 Å². The van der Waals surface area contributed by atoms with Crippen LogP contribution in [0, 0.1) is 10.8 Å². The van der Waals surface area contributed by atoms with Crippen molar-refractivity contribution in [2.24, 2.45) is 10.8 Å². The summed E-state index contributed by atoms with van der Waals surface area (Å²) in [5.74, 6) is 0. The molecule has 1 saturated heterocycles. The van der Waals surface area contributed by atoms with Crippen molar-refractivity contribution in [3.8, 4) is 0 Å². The molecule has 1 aliphatic heterocycles. The average molecular weight is 225 g/mol. The summed E-state index contributed by atoms with van der Waals surface area (Å²) in [6.07, 6.45) is 6.27. The minimum atomic E-state index is 0.00326. The van der Waals surface area contributed by atoms with Crippen LogP contribution < -0.4 is 5.32 Å². The maximum absolute atomic E-state index is 6.18. The van der Waals surface area contributed by atoms with Crippen LogP contribution in [-0.4, -0.2) is 18.9 Å². The van der Waals surface area contributed by atoms with Crippen LogP contribution in [0.1, 0.15) is 59.8 Å². The second kappa shape index (κ2) is 3.99. The van der Waals surface area contributed by atoms with E-state index in [0.717, 1.165) is 13.2 Å². The second-order valence-corrected chi connectivity index (χ2v) is 7.32. The highest BCUT2D eigenvalue weighted by atomic mass is 16.5. The fourth-order valence-electron chi connectivity index (χ4n) is 2.80. The first kappa shape index (κ1) is 12.4. The normalized spacial score (nSPS) is 38.2. The van der Waals surface area contributed by atoms with E-state index in [2.05, 4.69) is 33.0 Å². The van der Waals surface area contributed by atoms with Crippen molar-refractivity contribution in [3.63, 3.8) is 0 Å². The first-order chi connectivity index (χ1) is 7.33. The van der Waals surface area contributed by atoms with Crippen LogP contribution in [0.3, 0.4) is 0 Å². The van der Waals surface area contributed by atoms with Crippen molar-refractivity contribution < 1.29 is 4.74 Å². The summed E-state index contributed by atoms with van der Waals surface area (Å²) in [5, 5.41) is 3.68. The Bertz CT molecular complexity index is 247. The molecule has 1 heterocycles. The Morgan fingerprint density at radius 3 is 2.25 bits per heavy atom. The topological polar surface area (TPSA) is 21.3 Å². The third-order valence-electron chi connectivity index (χ3n) is 4.27. The molecule has 1 saturated carbocycles. The van der Waals surface area contributed by atoms with E-state index in [0.29, 0.717) is 10.8 Å². The highest BCUT2D eigenvalue weighted by Gasteiger charge is 2.41. The van der Waals surface area contributed by atoms with Gasteiger partial charge in [-0.2, -0.15) is 0 Å². The number of ether oxygens (including phenoxy) is 1. The van der Waals surface area contributed by atoms with Crippen LogP contribution in [0.4, 0.5) is 0 Å². The first-order valence-corrected chi connectivity index (χ1v) is 6.72. The van der Waals surface area contributed by atoms with Gasteiger partial charge in [0.05, 0.1) is 6.61 Å². The minimum absolute atomic E-state index is 0.00326. The van der Waals surface area contributed by atoms with Crippen LogP contribution in [0.25, 0.3) is 0 Å². The van der Waals surface area contributed by atoms with Crippen molar-refractivity contribution in [1.82, 2.24) is 5.32 Å². The Balaban J connectivity index is 1.99. The Kier molecular flexibility index (Phi) is 3.09. The van der Waals surface area contributed by atoms with E-state index in [1.807, 2.05) is 0 Å². The molecule has 0 radical (unpaired) electrons. The van der Waals surface area contributed by atoms with Gasteiger partial charge in [0.25, 0.3) is 0 Å². The van der Waals surface area contributed by atoms with E-state index in [9.17, 15) is 0 Å². The molecule has 2 heteroatoms. The Morgan fingerprint density at radius 1 is 0.875 bits per heavy atom. The van der Waals surface area contributed by atoms with E-state index in [1.165, 1.54) is 32.1 Å². The maximum Gasteiger partial charge on any atom is 0.119 e. The molecule has 2 aliphatic rings. The minimum Gasteiger partial charge on any atom is -0.360 e. The Hall–Kier alpha value is -0.0800. The van der Waals surface area contributed by atoms with Gasteiger partial charge in [-0.25, -0.2) is 0 Å². The predicted molar refractivity (Wildman–Crippen MR) is 67.3 cm³/mol. The van der Waals surface area contributed by atoms with Gasteiger partial charge in [-0.15, -0.1) is 0 Å². The summed E-state index contributed by atoms with van der Waals surface area (Å²) < 4.78 is 6.18. The molecule has 1 atom stereocenters. The fourth-order valence-corrected chi connectivity index (χ4v) is 2.80. The number of hydrogen-bond donors (Lipinski definition) is 1. The summed E-state index contributed by atoms with van der Waals surface area (Å²) in [5.41, 5.74) is 0.803. The molecule has 1 unspecified atom stereocenters. The number of nitrogens with one attached hydrogen (secondary N) is 1. The quantitative estimate of drug-likeness (QED) is 0.683. The van der Waals surface area contributed by atoms with Gasteiger partial charge >= 0.3 is 0 Å². The monoisotopic (exact) mass is 225 g/mol. The zero-order valence-electron chi connectivity index (χ0n) is 11.4. The molecule has 94 valence electrons. The van der Waals surface area contributed by atoms with Crippen LogP contribution in [-0.2, 0) is 4.74 Å². The van der Waals surface area contributed by atoms with Crippen molar-refractivity contribution >= 4 is 0 Å². The van der Waals surface area contributed by atoms with Gasteiger partial charge in [-0.1, -0.05) is 27.7 Å². The molecule has 16 heavy (non-hydrogen) atoms. The molecular weight excluding hydrogens is 198 g/mol. The molecule has 0 bridgehead atoms. The van der Waals surface area contributed by atoms with Gasteiger partial charge in [-0.3, -0.25) is 5.32 Å². The molecule has 1 N–H and O–H groups in total. The third-order valence-corrected chi connectivity index (χ3v) is 4.27. The van der Waals surface area contributed by atoms with Gasteiger partial charge in [0.1, 0.15) is 5.72 Å². The van der Waals surface area contributed by atoms with Gasteiger partial charge < -0.3 is 4.74 Å². The van der Waals surface area contributed by atoms with Crippen LogP contribution >= 0.6 is 0 Å². The molecule has 1 aliphatic carbocycles. The van der Waals surface area contributed by atoms with E-state index in [1.54, 1.807) is 0 Å². The fraction of sp³-hybridized carbons (Fsp3) is 1.00. The zero-order chi connectivity index (χ0) is 11.9. The van der Waals surface area contributed by atoms with Crippen LogP contribution in [0.5, 0.6) is 0 Å². The largest absolute Gasteiger partial charge is 0.360 e. The standard InChI is InChI=1S/C14H27NO/c1-12(2)6-5-7-14(9-8-12)15-10-13(3,4)11-16-14/h15H,5-11H2,1-4H3. The molecule has 0 aromatic rings. The van der Waals surface area contributed by atoms with Crippen LogP contribution in [0.2, 0.25) is 0 Å². The van der Waals surface area contributed by atoms with E-state index < -0.39 is 0 Å². The molecule has 1 spiro atoms. The average Bonchev–Trinajstić information content (AvgIpc) is 2.33. The molecule has 0 aromatic heterocycles. The molecule has 0 amide bonds. The highest BCUT2D eigenvalue weighted by Crippen LogP contribution is 2.40. The Labute approximate surface area is 100 Å². The second-order valence-electron chi connectivity index (χ2n) is 7.32. The van der Waals surface area contributed by atoms with Crippen molar-refractivity contribution in [3.05, 3.63) is 0 Å². The molecule has 0 aromatic carbocycles. The first-order valence-electron chi connectivity index (χ1n) is 6.72. The highest BCUT2D eigenvalue weighted by molar-refractivity contribution is 4.91. The van der Waals surface area contributed by atoms with Gasteiger partial charge in [0, 0.05) is 12.0 Å². The predicted octanol–water partition coefficient (Wildman–Crippen LogP) is 3.32. The van der Waals surface area contributed by atoms with Crippen molar-refractivity contribution in [1.29, 1.82) is 0 Å². The van der Waals surface area contributed by atoms with Gasteiger partial charge in [-0.05, 0) is 37.5 Å². The van der Waals surface area contributed by atoms with Crippen molar-refractivity contribution in [2.45, 2.75) is 65.5 Å². The zero-order valence-corrected chi connectivity index (χ0v) is 11.4. The lowest BCUT2D eigenvalue weighted by Gasteiger charge is -2.44. The third kappa shape index (κ3) is 2.78. The number of rotatable bonds is 0. The van der Waals surface area contributed by atoms with Crippen molar-refractivity contribution in [2.75, 3.05) is 13.2 Å².